The SMILES string of the molecule is Cc1ccsc1CNC(=O)N1CCC(N2CCSCC2)CC1. The van der Waals surface area contributed by atoms with E-state index in [1.165, 1.54) is 35.0 Å². The van der Waals surface area contributed by atoms with Crippen LogP contribution >= 0.6 is 23.1 Å². The number of aryl methyl sites for hydroxylation is 1. The molecule has 2 aliphatic rings. The van der Waals surface area contributed by atoms with E-state index in [1.54, 1.807) is 11.3 Å². The molecule has 0 spiro atoms. The lowest BCUT2D eigenvalue weighted by Gasteiger charge is -2.40. The fourth-order valence-corrected chi connectivity index (χ4v) is 5.01. The monoisotopic (exact) mass is 339 g/mol. The van der Waals surface area contributed by atoms with Gasteiger partial charge in [-0.15, -0.1) is 11.3 Å². The first-order valence-corrected chi connectivity index (χ1v) is 10.1. The minimum atomic E-state index is 0.0976. The maximum absolute atomic E-state index is 12.3. The quantitative estimate of drug-likeness (QED) is 0.920. The van der Waals surface area contributed by atoms with Gasteiger partial charge in [-0.1, -0.05) is 0 Å². The third-order valence-corrected chi connectivity index (χ3v) is 6.65. The molecule has 2 aliphatic heterocycles. The zero-order chi connectivity index (χ0) is 15.4. The van der Waals surface area contributed by atoms with Crippen molar-refractivity contribution in [2.24, 2.45) is 0 Å². The molecule has 1 aromatic heterocycles. The Morgan fingerprint density at radius 1 is 1.27 bits per heavy atom. The van der Waals surface area contributed by atoms with Crippen molar-refractivity contribution in [3.05, 3.63) is 21.9 Å². The molecule has 3 rings (SSSR count). The van der Waals surface area contributed by atoms with Gasteiger partial charge in [-0.05, 0) is 36.8 Å². The number of carbonyl (C=O) groups excluding carboxylic acids is 1. The van der Waals surface area contributed by atoms with Crippen molar-refractivity contribution in [2.75, 3.05) is 37.7 Å². The van der Waals surface area contributed by atoms with Crippen LogP contribution in [-0.4, -0.2) is 59.6 Å². The summed E-state index contributed by atoms with van der Waals surface area (Å²) in [5.41, 5.74) is 1.27. The van der Waals surface area contributed by atoms with E-state index < -0.39 is 0 Å². The number of amides is 2. The maximum Gasteiger partial charge on any atom is 0.317 e. The third kappa shape index (κ3) is 3.97. The molecular formula is C16H25N3OS2. The highest BCUT2D eigenvalue weighted by atomic mass is 32.2. The molecule has 1 N–H and O–H groups in total. The summed E-state index contributed by atoms with van der Waals surface area (Å²) < 4.78 is 0. The second-order valence-corrected chi connectivity index (χ2v) is 8.28. The van der Waals surface area contributed by atoms with Crippen molar-refractivity contribution >= 4 is 29.1 Å². The minimum absolute atomic E-state index is 0.0976. The number of thioether (sulfide) groups is 1. The Balaban J connectivity index is 1.42. The molecule has 22 heavy (non-hydrogen) atoms. The topological polar surface area (TPSA) is 35.6 Å². The first-order valence-electron chi connectivity index (χ1n) is 8.11. The van der Waals surface area contributed by atoms with Crippen LogP contribution in [0.1, 0.15) is 23.3 Å². The molecule has 0 aromatic carbocycles. The molecule has 2 saturated heterocycles. The largest absolute Gasteiger partial charge is 0.333 e. The molecule has 2 fully saturated rings. The van der Waals surface area contributed by atoms with E-state index in [0.29, 0.717) is 12.6 Å². The molecule has 4 nitrogen and oxygen atoms in total. The van der Waals surface area contributed by atoms with Crippen molar-refractivity contribution < 1.29 is 4.79 Å². The second kappa shape index (κ2) is 7.70. The molecule has 2 amide bonds. The molecular weight excluding hydrogens is 314 g/mol. The summed E-state index contributed by atoms with van der Waals surface area (Å²) in [6.07, 6.45) is 2.24. The maximum atomic E-state index is 12.3. The summed E-state index contributed by atoms with van der Waals surface area (Å²) in [6.45, 7) is 6.98. The van der Waals surface area contributed by atoms with Crippen LogP contribution in [0, 0.1) is 6.92 Å². The van der Waals surface area contributed by atoms with Gasteiger partial charge in [-0.2, -0.15) is 11.8 Å². The molecule has 0 bridgehead atoms. The normalized spacial score (nSPS) is 21.0. The number of rotatable bonds is 3. The number of thiophene rings is 1. The number of piperidine rings is 1. The minimum Gasteiger partial charge on any atom is -0.333 e. The fourth-order valence-electron chi connectivity index (χ4n) is 3.23. The zero-order valence-electron chi connectivity index (χ0n) is 13.2. The van der Waals surface area contributed by atoms with E-state index in [4.69, 9.17) is 0 Å². The van der Waals surface area contributed by atoms with Gasteiger partial charge >= 0.3 is 6.03 Å². The van der Waals surface area contributed by atoms with Crippen molar-refractivity contribution in [3.63, 3.8) is 0 Å². The van der Waals surface area contributed by atoms with E-state index in [1.807, 2.05) is 4.90 Å². The van der Waals surface area contributed by atoms with Gasteiger partial charge in [0.15, 0.2) is 0 Å². The molecule has 3 heterocycles. The van der Waals surface area contributed by atoms with E-state index >= 15 is 0 Å². The number of nitrogens with one attached hydrogen (secondary N) is 1. The lowest BCUT2D eigenvalue weighted by atomic mass is 10.0. The zero-order valence-corrected chi connectivity index (χ0v) is 14.8. The Labute approximate surface area is 141 Å². The first-order chi connectivity index (χ1) is 10.7. The van der Waals surface area contributed by atoms with Crippen LogP contribution in [0.5, 0.6) is 0 Å². The van der Waals surface area contributed by atoms with Crippen LogP contribution in [0.2, 0.25) is 0 Å². The third-order valence-electron chi connectivity index (χ3n) is 4.68. The van der Waals surface area contributed by atoms with E-state index in [2.05, 4.69) is 40.3 Å². The predicted molar refractivity (Wildman–Crippen MR) is 94.8 cm³/mol. The number of hydrogen-bond acceptors (Lipinski definition) is 4. The Morgan fingerprint density at radius 3 is 2.64 bits per heavy atom. The van der Waals surface area contributed by atoms with Gasteiger partial charge in [0.2, 0.25) is 0 Å². The van der Waals surface area contributed by atoms with Crippen molar-refractivity contribution in [3.8, 4) is 0 Å². The number of urea groups is 1. The second-order valence-electron chi connectivity index (χ2n) is 6.05. The van der Waals surface area contributed by atoms with Crippen LogP contribution < -0.4 is 5.32 Å². The summed E-state index contributed by atoms with van der Waals surface area (Å²) in [5, 5.41) is 5.15. The number of hydrogen-bond donors (Lipinski definition) is 1. The summed E-state index contributed by atoms with van der Waals surface area (Å²) in [5.74, 6) is 2.53. The van der Waals surface area contributed by atoms with Crippen molar-refractivity contribution in [1.29, 1.82) is 0 Å². The highest BCUT2D eigenvalue weighted by Crippen LogP contribution is 2.21. The van der Waals surface area contributed by atoms with Crippen LogP contribution in [0.25, 0.3) is 0 Å². The molecule has 0 saturated carbocycles. The molecule has 122 valence electrons. The van der Waals surface area contributed by atoms with Crippen LogP contribution in [0.15, 0.2) is 11.4 Å². The van der Waals surface area contributed by atoms with Crippen LogP contribution in [0.4, 0.5) is 4.79 Å². The standard InChI is InChI=1S/C16H25N3OS2/c1-13-4-9-22-15(13)12-17-16(20)19-5-2-14(3-6-19)18-7-10-21-11-8-18/h4,9,14H,2-3,5-8,10-12H2,1H3,(H,17,20). The van der Waals surface area contributed by atoms with Crippen molar-refractivity contribution in [2.45, 2.75) is 32.4 Å². The first kappa shape index (κ1) is 16.1. The highest BCUT2D eigenvalue weighted by molar-refractivity contribution is 7.99. The number of likely N-dealkylation sites (tertiary alicyclic amines) is 1. The highest BCUT2D eigenvalue weighted by Gasteiger charge is 2.27. The summed E-state index contributed by atoms with van der Waals surface area (Å²) >= 11 is 3.77. The predicted octanol–water partition coefficient (Wildman–Crippen LogP) is 2.78. The van der Waals surface area contributed by atoms with Gasteiger partial charge in [-0.25, -0.2) is 4.79 Å². The van der Waals surface area contributed by atoms with E-state index in [0.717, 1.165) is 25.9 Å². The number of nitrogens with zero attached hydrogens (tertiary/aromatic N) is 2. The van der Waals surface area contributed by atoms with Gasteiger partial charge in [0.25, 0.3) is 0 Å². The van der Waals surface area contributed by atoms with Gasteiger partial charge < -0.3 is 10.2 Å². The van der Waals surface area contributed by atoms with E-state index in [-0.39, 0.29) is 6.03 Å². The average molecular weight is 340 g/mol. The molecule has 0 aliphatic carbocycles. The molecule has 0 radical (unpaired) electrons. The van der Waals surface area contributed by atoms with Gasteiger partial charge in [0, 0.05) is 48.6 Å². The van der Waals surface area contributed by atoms with E-state index in [9.17, 15) is 4.79 Å². The summed E-state index contributed by atoms with van der Waals surface area (Å²) in [7, 11) is 0. The Bertz CT molecular complexity index is 491. The lowest BCUT2D eigenvalue weighted by molar-refractivity contribution is 0.124. The van der Waals surface area contributed by atoms with Crippen molar-refractivity contribution in [1.82, 2.24) is 15.1 Å². The Hall–Kier alpha value is -0.720. The molecule has 1 aromatic rings. The molecule has 0 atom stereocenters. The average Bonchev–Trinajstić information content (AvgIpc) is 2.99. The Morgan fingerprint density at radius 2 is 2.00 bits per heavy atom. The summed E-state index contributed by atoms with van der Waals surface area (Å²) in [6, 6.07) is 2.89. The Kier molecular flexibility index (Phi) is 5.66. The van der Waals surface area contributed by atoms with Crippen LogP contribution in [-0.2, 0) is 6.54 Å². The van der Waals surface area contributed by atoms with Gasteiger partial charge in [0.05, 0.1) is 6.54 Å². The molecule has 6 heteroatoms. The summed E-state index contributed by atoms with van der Waals surface area (Å²) in [4.78, 5) is 18.2. The molecule has 0 unspecified atom stereocenters. The number of carbonyl (C=O) groups is 1. The van der Waals surface area contributed by atoms with Gasteiger partial charge in [0.1, 0.15) is 0 Å². The van der Waals surface area contributed by atoms with Gasteiger partial charge in [-0.3, -0.25) is 4.90 Å². The lowest BCUT2D eigenvalue weighted by Crippen LogP contribution is -2.51. The fraction of sp³-hybridized carbons (Fsp3) is 0.688. The van der Waals surface area contributed by atoms with Crippen LogP contribution in [0.3, 0.4) is 0 Å². The smallest absolute Gasteiger partial charge is 0.317 e.